The van der Waals surface area contributed by atoms with Crippen molar-refractivity contribution in [1.29, 1.82) is 0 Å². The van der Waals surface area contributed by atoms with Gasteiger partial charge in [0.05, 0.1) is 23.0 Å². The Kier molecular flexibility index (Phi) is 4.69. The Morgan fingerprint density at radius 1 is 1.15 bits per heavy atom. The Morgan fingerprint density at radius 2 is 2.00 bits per heavy atom. The molecule has 0 aliphatic heterocycles. The summed E-state index contributed by atoms with van der Waals surface area (Å²) in [5.41, 5.74) is 4.33. The molecule has 0 spiro atoms. The van der Waals surface area contributed by atoms with Crippen molar-refractivity contribution in [3.63, 3.8) is 0 Å². The molecule has 4 rings (SSSR count). The van der Waals surface area contributed by atoms with E-state index in [2.05, 4.69) is 47.9 Å². The largest absolute Gasteiger partial charge is 0.467 e. The Labute approximate surface area is 160 Å². The number of benzene rings is 2. The average Bonchev–Trinajstić information content (AvgIpc) is 3.29. The van der Waals surface area contributed by atoms with Crippen LogP contribution in [0.1, 0.15) is 11.3 Å². The number of furan rings is 1. The van der Waals surface area contributed by atoms with Crippen molar-refractivity contribution >= 4 is 44.6 Å². The molecule has 0 atom stereocenters. The molecule has 0 aliphatic carbocycles. The van der Waals surface area contributed by atoms with Crippen molar-refractivity contribution in [2.75, 3.05) is 5.32 Å². The van der Waals surface area contributed by atoms with Gasteiger partial charge >= 0.3 is 0 Å². The van der Waals surface area contributed by atoms with Crippen LogP contribution >= 0.6 is 23.6 Å². The first kappa shape index (κ1) is 16.8. The zero-order valence-corrected chi connectivity index (χ0v) is 15.8. The summed E-state index contributed by atoms with van der Waals surface area (Å²) >= 11 is 7.03. The minimum absolute atomic E-state index is 0.558. The lowest BCUT2D eigenvalue weighted by molar-refractivity contribution is 0.503. The van der Waals surface area contributed by atoms with E-state index in [0.717, 1.165) is 27.5 Å². The molecule has 2 aromatic heterocycles. The number of aryl methyl sites for hydroxylation is 1. The summed E-state index contributed by atoms with van der Waals surface area (Å²) in [4.78, 5) is 4.72. The maximum atomic E-state index is 5.32. The van der Waals surface area contributed by atoms with Crippen molar-refractivity contribution in [3.05, 3.63) is 72.2 Å². The number of nitrogens with zero attached hydrogens (tertiary/aromatic N) is 1. The van der Waals surface area contributed by atoms with Crippen LogP contribution in [0.25, 0.3) is 20.8 Å². The van der Waals surface area contributed by atoms with Crippen LogP contribution in [0.2, 0.25) is 0 Å². The highest BCUT2D eigenvalue weighted by molar-refractivity contribution is 7.80. The molecule has 4 nitrogen and oxygen atoms in total. The van der Waals surface area contributed by atoms with Crippen molar-refractivity contribution in [2.45, 2.75) is 13.5 Å². The summed E-state index contributed by atoms with van der Waals surface area (Å²) < 4.78 is 6.49. The van der Waals surface area contributed by atoms with Crippen LogP contribution in [0.3, 0.4) is 0 Å². The zero-order valence-electron chi connectivity index (χ0n) is 14.2. The van der Waals surface area contributed by atoms with E-state index in [4.69, 9.17) is 21.6 Å². The third kappa shape index (κ3) is 3.76. The van der Waals surface area contributed by atoms with Gasteiger partial charge in [-0.25, -0.2) is 4.98 Å². The highest BCUT2D eigenvalue weighted by Gasteiger charge is 2.07. The Hall–Kier alpha value is -2.70. The van der Waals surface area contributed by atoms with Crippen LogP contribution in [0.15, 0.2) is 65.3 Å². The van der Waals surface area contributed by atoms with Crippen LogP contribution < -0.4 is 10.6 Å². The number of aromatic nitrogens is 1. The number of thiocarbonyl (C=S) groups is 1. The zero-order chi connectivity index (χ0) is 17.9. The molecule has 2 aromatic carbocycles. The van der Waals surface area contributed by atoms with E-state index in [1.807, 2.05) is 24.3 Å². The molecule has 0 aliphatic rings. The first-order valence-electron chi connectivity index (χ1n) is 8.22. The third-order valence-electron chi connectivity index (χ3n) is 3.94. The van der Waals surface area contributed by atoms with Gasteiger partial charge in [-0.3, -0.25) is 0 Å². The minimum Gasteiger partial charge on any atom is -0.467 e. The molecular weight excluding hydrogens is 362 g/mol. The highest BCUT2D eigenvalue weighted by Crippen LogP contribution is 2.31. The second-order valence-corrected chi connectivity index (χ2v) is 7.39. The van der Waals surface area contributed by atoms with E-state index in [1.54, 1.807) is 17.6 Å². The molecule has 0 saturated heterocycles. The van der Waals surface area contributed by atoms with E-state index in [-0.39, 0.29) is 0 Å². The summed E-state index contributed by atoms with van der Waals surface area (Å²) in [7, 11) is 0. The number of rotatable bonds is 4. The summed E-state index contributed by atoms with van der Waals surface area (Å²) in [6.45, 7) is 2.66. The summed E-state index contributed by atoms with van der Waals surface area (Å²) in [6.07, 6.45) is 1.65. The van der Waals surface area contributed by atoms with E-state index in [0.29, 0.717) is 11.7 Å². The average molecular weight is 380 g/mol. The molecule has 0 amide bonds. The summed E-state index contributed by atoms with van der Waals surface area (Å²) in [6, 6.07) is 18.2. The number of nitrogens with one attached hydrogen (secondary N) is 2. The molecule has 0 bridgehead atoms. The lowest BCUT2D eigenvalue weighted by Gasteiger charge is -2.09. The minimum atomic E-state index is 0.558. The molecule has 6 heteroatoms. The second kappa shape index (κ2) is 7.27. The molecule has 130 valence electrons. The lowest BCUT2D eigenvalue weighted by atomic mass is 10.2. The predicted molar refractivity (Wildman–Crippen MR) is 112 cm³/mol. The molecule has 4 aromatic rings. The van der Waals surface area contributed by atoms with Crippen molar-refractivity contribution in [3.8, 4) is 10.6 Å². The number of anilines is 1. The smallest absolute Gasteiger partial charge is 0.171 e. The Bertz CT molecular complexity index is 1040. The first-order chi connectivity index (χ1) is 12.7. The van der Waals surface area contributed by atoms with Gasteiger partial charge in [0.2, 0.25) is 0 Å². The lowest BCUT2D eigenvalue weighted by Crippen LogP contribution is -2.27. The van der Waals surface area contributed by atoms with Crippen LogP contribution in [0.4, 0.5) is 5.69 Å². The van der Waals surface area contributed by atoms with E-state index < -0.39 is 0 Å². The fraction of sp³-hybridized carbons (Fsp3) is 0.100. The van der Waals surface area contributed by atoms with Gasteiger partial charge in [0.15, 0.2) is 5.11 Å². The number of thiazole rings is 1. The van der Waals surface area contributed by atoms with Gasteiger partial charge in [0.25, 0.3) is 0 Å². The summed E-state index contributed by atoms with van der Waals surface area (Å²) in [5.74, 6) is 0.843. The second-order valence-electron chi connectivity index (χ2n) is 5.95. The van der Waals surface area contributed by atoms with Crippen LogP contribution in [0.5, 0.6) is 0 Å². The van der Waals surface area contributed by atoms with Crippen molar-refractivity contribution < 1.29 is 4.42 Å². The SMILES string of the molecule is Cc1ccc2nc(-c3ccc(NC(=S)NCc4ccco4)cc3)sc2c1. The van der Waals surface area contributed by atoms with Gasteiger partial charge in [-0.2, -0.15) is 0 Å². The standard InChI is InChI=1S/C20H17N3OS2/c1-13-4-9-17-18(11-13)26-19(23-17)14-5-7-15(8-6-14)22-20(25)21-12-16-3-2-10-24-16/h2-11H,12H2,1H3,(H2,21,22,25). The van der Waals surface area contributed by atoms with Crippen LogP contribution in [-0.2, 0) is 6.54 Å². The Morgan fingerprint density at radius 3 is 2.77 bits per heavy atom. The molecule has 26 heavy (non-hydrogen) atoms. The normalized spacial score (nSPS) is 10.8. The quantitative estimate of drug-likeness (QED) is 0.468. The molecule has 2 heterocycles. The molecule has 2 N–H and O–H groups in total. The molecular formula is C20H17N3OS2. The number of hydrogen-bond donors (Lipinski definition) is 2. The van der Waals surface area contributed by atoms with Crippen molar-refractivity contribution in [1.82, 2.24) is 10.3 Å². The fourth-order valence-corrected chi connectivity index (χ4v) is 3.87. The van der Waals surface area contributed by atoms with Gasteiger partial charge in [-0.05, 0) is 73.2 Å². The van der Waals surface area contributed by atoms with Crippen LogP contribution in [0, 0.1) is 6.92 Å². The maximum Gasteiger partial charge on any atom is 0.171 e. The Balaban J connectivity index is 1.43. The molecule has 0 saturated carbocycles. The summed E-state index contributed by atoms with van der Waals surface area (Å²) in [5, 5.41) is 7.88. The van der Waals surface area contributed by atoms with Gasteiger partial charge in [0, 0.05) is 11.3 Å². The van der Waals surface area contributed by atoms with Crippen LogP contribution in [-0.4, -0.2) is 10.1 Å². The maximum absolute atomic E-state index is 5.32. The van der Waals surface area contributed by atoms with E-state index >= 15 is 0 Å². The first-order valence-corrected chi connectivity index (χ1v) is 9.45. The fourth-order valence-electron chi connectivity index (χ4n) is 2.61. The number of hydrogen-bond acceptors (Lipinski definition) is 4. The van der Waals surface area contributed by atoms with E-state index in [1.165, 1.54) is 10.3 Å². The van der Waals surface area contributed by atoms with Gasteiger partial charge in [0.1, 0.15) is 10.8 Å². The predicted octanol–water partition coefficient (Wildman–Crippen LogP) is 5.35. The monoisotopic (exact) mass is 379 g/mol. The number of fused-ring (bicyclic) bond motifs is 1. The topological polar surface area (TPSA) is 50.1 Å². The van der Waals surface area contributed by atoms with Gasteiger partial charge in [-0.1, -0.05) is 6.07 Å². The molecule has 0 fully saturated rings. The van der Waals surface area contributed by atoms with Gasteiger partial charge in [-0.15, -0.1) is 11.3 Å². The molecule has 0 unspecified atom stereocenters. The van der Waals surface area contributed by atoms with Gasteiger partial charge < -0.3 is 15.1 Å². The highest BCUT2D eigenvalue weighted by atomic mass is 32.1. The van der Waals surface area contributed by atoms with Crippen molar-refractivity contribution in [2.24, 2.45) is 0 Å². The van der Waals surface area contributed by atoms with E-state index in [9.17, 15) is 0 Å². The molecule has 0 radical (unpaired) electrons. The third-order valence-corrected chi connectivity index (χ3v) is 5.25.